The smallest absolute Gasteiger partial charge is 0.250 e. The van der Waals surface area contributed by atoms with E-state index in [1.54, 1.807) is 18.6 Å². The molecule has 2 aromatic carbocycles. The van der Waals surface area contributed by atoms with Gasteiger partial charge in [0.05, 0.1) is 12.0 Å². The van der Waals surface area contributed by atoms with E-state index in [4.69, 9.17) is 0 Å². The van der Waals surface area contributed by atoms with E-state index in [1.165, 1.54) is 17.3 Å². The highest BCUT2D eigenvalue weighted by Gasteiger charge is 2.17. The average molecular weight is 443 g/mol. The van der Waals surface area contributed by atoms with Crippen LogP contribution in [0.4, 0.5) is 0 Å². The van der Waals surface area contributed by atoms with Crippen LogP contribution in [-0.2, 0) is 4.79 Å². The van der Waals surface area contributed by atoms with Gasteiger partial charge >= 0.3 is 0 Å². The first kappa shape index (κ1) is 21.5. The first-order chi connectivity index (χ1) is 15.6. The van der Waals surface area contributed by atoms with Gasteiger partial charge in [0.2, 0.25) is 0 Å². The van der Waals surface area contributed by atoms with Crippen LogP contribution in [0.1, 0.15) is 16.7 Å². The lowest BCUT2D eigenvalue weighted by Gasteiger charge is -2.10. The fraction of sp³-hybridized carbons (Fsp3) is 0.125. The van der Waals surface area contributed by atoms with E-state index < -0.39 is 0 Å². The Kier molecular flexibility index (Phi) is 6.72. The highest BCUT2D eigenvalue weighted by molar-refractivity contribution is 7.99. The van der Waals surface area contributed by atoms with E-state index in [2.05, 4.69) is 25.7 Å². The molecule has 0 saturated heterocycles. The van der Waals surface area contributed by atoms with Crippen molar-refractivity contribution < 1.29 is 4.79 Å². The average Bonchev–Trinajstić information content (AvgIpc) is 3.24. The Morgan fingerprint density at radius 2 is 1.62 bits per heavy atom. The maximum atomic E-state index is 12.3. The van der Waals surface area contributed by atoms with E-state index in [0.717, 1.165) is 22.4 Å². The third-order valence-electron chi connectivity index (χ3n) is 4.68. The van der Waals surface area contributed by atoms with Crippen molar-refractivity contribution in [1.29, 1.82) is 0 Å². The minimum absolute atomic E-state index is 0.158. The molecule has 160 valence electrons. The molecular formula is C24H22N6OS. The van der Waals surface area contributed by atoms with Crippen molar-refractivity contribution in [1.82, 2.24) is 25.2 Å². The van der Waals surface area contributed by atoms with Crippen LogP contribution in [0.2, 0.25) is 0 Å². The van der Waals surface area contributed by atoms with Crippen LogP contribution in [0.25, 0.3) is 17.1 Å². The molecule has 2 heterocycles. The van der Waals surface area contributed by atoms with Gasteiger partial charge in [-0.25, -0.2) is 5.43 Å². The Bertz CT molecular complexity index is 1220. The number of hydrogen-bond acceptors (Lipinski definition) is 6. The van der Waals surface area contributed by atoms with Crippen molar-refractivity contribution in [2.75, 3.05) is 5.75 Å². The number of benzene rings is 2. The van der Waals surface area contributed by atoms with Gasteiger partial charge in [-0.3, -0.25) is 14.3 Å². The number of carbonyl (C=O) groups excluding carboxylic acids is 1. The van der Waals surface area contributed by atoms with Gasteiger partial charge in [0.25, 0.3) is 5.91 Å². The summed E-state index contributed by atoms with van der Waals surface area (Å²) in [7, 11) is 0. The third kappa shape index (κ3) is 5.28. The number of carbonyl (C=O) groups is 1. The van der Waals surface area contributed by atoms with Crippen LogP contribution in [0, 0.1) is 13.8 Å². The number of nitrogens with zero attached hydrogens (tertiary/aromatic N) is 5. The van der Waals surface area contributed by atoms with Gasteiger partial charge in [0.1, 0.15) is 0 Å². The molecule has 1 amide bonds. The number of aromatic nitrogens is 4. The molecular weight excluding hydrogens is 420 g/mol. The van der Waals surface area contributed by atoms with Gasteiger partial charge in [0, 0.05) is 23.6 Å². The monoisotopic (exact) mass is 442 g/mol. The van der Waals surface area contributed by atoms with Crippen molar-refractivity contribution in [3.8, 4) is 17.1 Å². The van der Waals surface area contributed by atoms with E-state index in [-0.39, 0.29) is 11.7 Å². The van der Waals surface area contributed by atoms with Gasteiger partial charge < -0.3 is 0 Å². The quantitative estimate of drug-likeness (QED) is 0.264. The van der Waals surface area contributed by atoms with Crippen LogP contribution >= 0.6 is 11.8 Å². The second kappa shape index (κ2) is 10.0. The standard InChI is InChI=1S/C24H22N6OS/c1-17-3-7-19(8-4-17)15-26-27-22(31)16-32-24-29-28-23(20-11-13-25-14-12-20)30(24)21-9-5-18(2)6-10-21/h3-15H,16H2,1-2H3,(H,27,31)/b26-15-. The molecule has 7 nitrogen and oxygen atoms in total. The minimum Gasteiger partial charge on any atom is -0.272 e. The van der Waals surface area contributed by atoms with Crippen molar-refractivity contribution in [3.63, 3.8) is 0 Å². The predicted octanol–water partition coefficient (Wildman–Crippen LogP) is 4.19. The molecule has 0 atom stereocenters. The molecule has 0 radical (unpaired) electrons. The van der Waals surface area contributed by atoms with Crippen LogP contribution in [0.5, 0.6) is 0 Å². The molecule has 0 saturated carbocycles. The lowest BCUT2D eigenvalue weighted by Crippen LogP contribution is -2.20. The number of pyridine rings is 1. The molecule has 0 spiro atoms. The van der Waals surface area contributed by atoms with E-state index in [9.17, 15) is 4.79 Å². The fourth-order valence-corrected chi connectivity index (χ4v) is 3.72. The molecule has 4 aromatic rings. The molecule has 8 heteroatoms. The van der Waals surface area contributed by atoms with Gasteiger partial charge in [-0.15, -0.1) is 10.2 Å². The zero-order valence-corrected chi connectivity index (χ0v) is 18.6. The summed E-state index contributed by atoms with van der Waals surface area (Å²) >= 11 is 1.31. The van der Waals surface area contributed by atoms with Crippen molar-refractivity contribution in [2.24, 2.45) is 5.10 Å². The molecule has 0 bridgehead atoms. The highest BCUT2D eigenvalue weighted by Crippen LogP contribution is 2.27. The third-order valence-corrected chi connectivity index (χ3v) is 5.61. The van der Waals surface area contributed by atoms with Crippen molar-refractivity contribution >= 4 is 23.9 Å². The number of thioether (sulfide) groups is 1. The molecule has 0 aliphatic heterocycles. The van der Waals surface area contributed by atoms with E-state index >= 15 is 0 Å². The fourth-order valence-electron chi connectivity index (χ4n) is 2.97. The molecule has 1 N–H and O–H groups in total. The number of aryl methyl sites for hydroxylation is 2. The molecule has 0 unspecified atom stereocenters. The molecule has 32 heavy (non-hydrogen) atoms. The number of hydrogen-bond donors (Lipinski definition) is 1. The summed E-state index contributed by atoms with van der Waals surface area (Å²) < 4.78 is 1.95. The second-order valence-corrected chi connectivity index (χ2v) is 8.15. The van der Waals surface area contributed by atoms with Crippen LogP contribution < -0.4 is 5.43 Å². The molecule has 0 aliphatic carbocycles. The van der Waals surface area contributed by atoms with E-state index in [0.29, 0.717) is 11.0 Å². The number of nitrogens with one attached hydrogen (secondary N) is 1. The zero-order valence-electron chi connectivity index (χ0n) is 17.8. The summed E-state index contributed by atoms with van der Waals surface area (Å²) in [6, 6.07) is 19.8. The second-order valence-electron chi connectivity index (χ2n) is 7.21. The Morgan fingerprint density at radius 3 is 2.31 bits per heavy atom. The van der Waals surface area contributed by atoms with Gasteiger partial charge in [-0.05, 0) is 43.7 Å². The summed E-state index contributed by atoms with van der Waals surface area (Å²) in [6.07, 6.45) is 5.06. The lowest BCUT2D eigenvalue weighted by atomic mass is 10.2. The Morgan fingerprint density at radius 1 is 0.969 bits per heavy atom. The van der Waals surface area contributed by atoms with Crippen LogP contribution in [0.3, 0.4) is 0 Å². The Hall–Kier alpha value is -3.78. The number of hydrazone groups is 1. The van der Waals surface area contributed by atoms with Gasteiger partial charge in [-0.1, -0.05) is 59.3 Å². The first-order valence-electron chi connectivity index (χ1n) is 10.0. The predicted molar refractivity (Wildman–Crippen MR) is 127 cm³/mol. The topological polar surface area (TPSA) is 85.1 Å². The summed E-state index contributed by atoms with van der Waals surface area (Å²) in [5.74, 6) is 0.629. The van der Waals surface area contributed by atoms with Crippen molar-refractivity contribution in [3.05, 3.63) is 89.7 Å². The summed E-state index contributed by atoms with van der Waals surface area (Å²) in [5, 5.41) is 13.4. The first-order valence-corrected chi connectivity index (χ1v) is 11.0. The normalized spacial score (nSPS) is 11.1. The Balaban J connectivity index is 1.49. The van der Waals surface area contributed by atoms with Crippen LogP contribution in [0.15, 0.2) is 83.3 Å². The summed E-state index contributed by atoms with van der Waals surface area (Å²) in [4.78, 5) is 16.4. The number of rotatable bonds is 7. The van der Waals surface area contributed by atoms with Gasteiger partial charge in [-0.2, -0.15) is 5.10 Å². The minimum atomic E-state index is -0.220. The zero-order chi connectivity index (χ0) is 22.3. The Labute approximate surface area is 190 Å². The maximum absolute atomic E-state index is 12.3. The molecule has 2 aromatic heterocycles. The largest absolute Gasteiger partial charge is 0.272 e. The van der Waals surface area contributed by atoms with Crippen molar-refractivity contribution in [2.45, 2.75) is 19.0 Å². The number of amides is 1. The molecule has 0 aliphatic rings. The SMILES string of the molecule is Cc1ccc(/C=N\NC(=O)CSc2nnc(-c3ccncc3)n2-c2ccc(C)cc2)cc1. The lowest BCUT2D eigenvalue weighted by molar-refractivity contribution is -0.118. The molecule has 0 fully saturated rings. The highest BCUT2D eigenvalue weighted by atomic mass is 32.2. The van der Waals surface area contributed by atoms with Gasteiger partial charge in [0.15, 0.2) is 11.0 Å². The van der Waals surface area contributed by atoms with E-state index in [1.807, 2.05) is 79.1 Å². The van der Waals surface area contributed by atoms with Crippen LogP contribution in [-0.4, -0.2) is 37.6 Å². The molecule has 4 rings (SSSR count). The summed E-state index contributed by atoms with van der Waals surface area (Å²) in [6.45, 7) is 4.06. The maximum Gasteiger partial charge on any atom is 0.250 e. The summed E-state index contributed by atoms with van der Waals surface area (Å²) in [5.41, 5.74) is 7.64.